The Kier molecular flexibility index (Phi) is 6.07. The first-order chi connectivity index (χ1) is 9.19. The van der Waals surface area contributed by atoms with Crippen LogP contribution in [-0.4, -0.2) is 36.0 Å². The first kappa shape index (κ1) is 15.2. The van der Waals surface area contributed by atoms with Gasteiger partial charge < -0.3 is 4.74 Å². The van der Waals surface area contributed by atoms with E-state index in [0.717, 1.165) is 50.0 Å². The van der Waals surface area contributed by atoms with E-state index < -0.39 is 0 Å². The maximum atomic E-state index is 13.1. The number of ether oxygens (including phenoxy) is 1. The van der Waals surface area contributed by atoms with Crippen LogP contribution in [0.2, 0.25) is 5.02 Å². The molecule has 106 valence electrons. The molecular weight excluding hydrogens is 333 g/mol. The topological polar surface area (TPSA) is 12.5 Å². The number of benzene rings is 1. The molecule has 1 fully saturated rings. The Labute approximate surface area is 127 Å². The fraction of sp³-hybridized carbons (Fsp3) is 0.571. The van der Waals surface area contributed by atoms with Crippen LogP contribution >= 0.6 is 27.5 Å². The van der Waals surface area contributed by atoms with Crippen LogP contribution in [-0.2, 0) is 11.3 Å². The molecule has 0 aliphatic carbocycles. The highest BCUT2D eigenvalue weighted by Crippen LogP contribution is 2.20. The molecule has 0 saturated carbocycles. The summed E-state index contributed by atoms with van der Waals surface area (Å²) in [5.74, 6) is -0.354. The number of likely N-dealkylation sites (tertiary alicyclic amines) is 1. The molecule has 1 aromatic rings. The number of nitrogens with zero attached hydrogens (tertiary/aromatic N) is 1. The lowest BCUT2D eigenvalue weighted by Crippen LogP contribution is -2.36. The summed E-state index contributed by atoms with van der Waals surface area (Å²) < 4.78 is 18.8. The highest BCUT2D eigenvalue weighted by atomic mass is 79.9. The van der Waals surface area contributed by atoms with Crippen molar-refractivity contribution in [3.05, 3.63) is 34.6 Å². The summed E-state index contributed by atoms with van der Waals surface area (Å²) in [6, 6.07) is 4.95. The van der Waals surface area contributed by atoms with Crippen molar-refractivity contribution in [1.82, 2.24) is 4.90 Å². The highest BCUT2D eigenvalue weighted by molar-refractivity contribution is 9.09. The minimum atomic E-state index is -0.354. The minimum absolute atomic E-state index is 0.202. The Hall–Kier alpha value is -0.160. The third-order valence-electron chi connectivity index (χ3n) is 3.36. The van der Waals surface area contributed by atoms with Crippen molar-refractivity contribution in [2.75, 3.05) is 25.0 Å². The second-order valence-corrected chi connectivity index (χ2v) is 5.98. The van der Waals surface area contributed by atoms with Gasteiger partial charge in [0.05, 0.1) is 17.7 Å². The van der Waals surface area contributed by atoms with Gasteiger partial charge in [-0.25, -0.2) is 4.39 Å². The second kappa shape index (κ2) is 7.58. The van der Waals surface area contributed by atoms with Gasteiger partial charge in [-0.1, -0.05) is 33.6 Å². The van der Waals surface area contributed by atoms with Crippen molar-refractivity contribution in [3.8, 4) is 0 Å². The summed E-state index contributed by atoms with van der Waals surface area (Å²) in [6.45, 7) is 3.63. The van der Waals surface area contributed by atoms with Crippen molar-refractivity contribution in [2.24, 2.45) is 0 Å². The predicted octanol–water partition coefficient (Wildman–Crippen LogP) is 3.86. The molecule has 0 spiro atoms. The van der Waals surface area contributed by atoms with Gasteiger partial charge in [-0.2, -0.15) is 0 Å². The molecule has 19 heavy (non-hydrogen) atoms. The minimum Gasteiger partial charge on any atom is -0.377 e. The van der Waals surface area contributed by atoms with E-state index >= 15 is 0 Å². The van der Waals surface area contributed by atoms with Gasteiger partial charge in [0.2, 0.25) is 0 Å². The smallest absolute Gasteiger partial charge is 0.141 e. The molecule has 0 radical (unpaired) electrons. The third kappa shape index (κ3) is 4.71. The molecule has 5 heteroatoms. The average Bonchev–Trinajstić information content (AvgIpc) is 2.42. The van der Waals surface area contributed by atoms with E-state index in [2.05, 4.69) is 20.8 Å². The molecule has 1 aliphatic heterocycles. The van der Waals surface area contributed by atoms with E-state index in [0.29, 0.717) is 6.10 Å². The van der Waals surface area contributed by atoms with E-state index in [-0.39, 0.29) is 10.8 Å². The molecule has 0 aromatic heterocycles. The summed E-state index contributed by atoms with van der Waals surface area (Å²) in [5, 5.41) is 1.09. The van der Waals surface area contributed by atoms with Gasteiger partial charge in [0.25, 0.3) is 0 Å². The number of hydrogen-bond donors (Lipinski definition) is 0. The van der Waals surface area contributed by atoms with Gasteiger partial charge in [0.15, 0.2) is 0 Å². The number of piperidine rings is 1. The van der Waals surface area contributed by atoms with Gasteiger partial charge in [-0.3, -0.25) is 4.90 Å². The van der Waals surface area contributed by atoms with Crippen LogP contribution in [0, 0.1) is 5.82 Å². The maximum Gasteiger partial charge on any atom is 0.141 e. The lowest BCUT2D eigenvalue weighted by molar-refractivity contribution is 0.0141. The Morgan fingerprint density at radius 3 is 2.74 bits per heavy atom. The van der Waals surface area contributed by atoms with Crippen LogP contribution in [0.3, 0.4) is 0 Å². The maximum absolute atomic E-state index is 13.1. The van der Waals surface area contributed by atoms with Crippen molar-refractivity contribution in [3.63, 3.8) is 0 Å². The zero-order valence-electron chi connectivity index (χ0n) is 10.7. The van der Waals surface area contributed by atoms with E-state index in [1.54, 1.807) is 12.1 Å². The Morgan fingerprint density at radius 1 is 1.37 bits per heavy atom. The first-order valence-electron chi connectivity index (χ1n) is 6.53. The lowest BCUT2D eigenvalue weighted by Gasteiger charge is -2.31. The molecule has 0 atom stereocenters. The largest absolute Gasteiger partial charge is 0.377 e. The van der Waals surface area contributed by atoms with Crippen molar-refractivity contribution < 1.29 is 9.13 Å². The van der Waals surface area contributed by atoms with E-state index in [9.17, 15) is 4.39 Å². The van der Waals surface area contributed by atoms with Gasteiger partial charge >= 0.3 is 0 Å². The zero-order chi connectivity index (χ0) is 13.7. The highest BCUT2D eigenvalue weighted by Gasteiger charge is 2.19. The monoisotopic (exact) mass is 349 g/mol. The molecular formula is C14H18BrClFNO. The molecule has 0 unspecified atom stereocenters. The van der Waals surface area contributed by atoms with E-state index in [1.807, 2.05) is 0 Å². The number of hydrogen-bond acceptors (Lipinski definition) is 2. The molecule has 0 N–H and O–H groups in total. The molecule has 1 saturated heterocycles. The Balaban J connectivity index is 1.80. The fourth-order valence-electron chi connectivity index (χ4n) is 2.34. The van der Waals surface area contributed by atoms with Crippen molar-refractivity contribution in [2.45, 2.75) is 25.5 Å². The third-order valence-corrected chi connectivity index (χ3v) is 3.97. The van der Waals surface area contributed by atoms with Gasteiger partial charge in [0, 0.05) is 25.0 Å². The predicted molar refractivity (Wildman–Crippen MR) is 79.5 cm³/mol. The summed E-state index contributed by atoms with van der Waals surface area (Å²) in [7, 11) is 0. The molecule has 0 amide bonds. The molecule has 0 bridgehead atoms. The van der Waals surface area contributed by atoms with Crippen LogP contribution in [0.15, 0.2) is 18.2 Å². The summed E-state index contributed by atoms with van der Waals surface area (Å²) >= 11 is 9.16. The summed E-state index contributed by atoms with van der Waals surface area (Å²) in [4.78, 5) is 2.36. The first-order valence-corrected chi connectivity index (χ1v) is 8.03. The number of alkyl halides is 1. The standard InChI is InChI=1S/C14H18BrClFNO/c15-5-8-19-12-3-6-18(7-4-12)10-11-1-2-14(17)13(16)9-11/h1-2,9,12H,3-8,10H2. The molecule has 1 aliphatic rings. The van der Waals surface area contributed by atoms with Gasteiger partial charge in [-0.15, -0.1) is 0 Å². The Bertz CT molecular complexity index is 410. The quantitative estimate of drug-likeness (QED) is 0.748. The normalized spacial score (nSPS) is 17.8. The van der Waals surface area contributed by atoms with E-state index in [4.69, 9.17) is 16.3 Å². The van der Waals surface area contributed by atoms with Crippen molar-refractivity contribution in [1.29, 1.82) is 0 Å². The van der Waals surface area contributed by atoms with Crippen LogP contribution < -0.4 is 0 Å². The molecule has 1 aromatic carbocycles. The lowest BCUT2D eigenvalue weighted by atomic mass is 10.1. The SMILES string of the molecule is Fc1ccc(CN2CCC(OCCBr)CC2)cc1Cl. The zero-order valence-corrected chi connectivity index (χ0v) is 13.1. The van der Waals surface area contributed by atoms with E-state index in [1.165, 1.54) is 6.07 Å². The van der Waals surface area contributed by atoms with Crippen LogP contribution in [0.1, 0.15) is 18.4 Å². The van der Waals surface area contributed by atoms with Crippen LogP contribution in [0.25, 0.3) is 0 Å². The van der Waals surface area contributed by atoms with Crippen molar-refractivity contribution >= 4 is 27.5 Å². The van der Waals surface area contributed by atoms with Crippen LogP contribution in [0.5, 0.6) is 0 Å². The van der Waals surface area contributed by atoms with Gasteiger partial charge in [0.1, 0.15) is 5.82 Å². The molecule has 1 heterocycles. The molecule has 2 nitrogen and oxygen atoms in total. The Morgan fingerprint density at radius 2 is 2.11 bits per heavy atom. The number of halogens is 3. The summed E-state index contributed by atoms with van der Waals surface area (Å²) in [5.41, 5.74) is 1.06. The molecule has 2 rings (SSSR count). The number of rotatable bonds is 5. The summed E-state index contributed by atoms with van der Waals surface area (Å²) in [6.07, 6.45) is 2.50. The fourth-order valence-corrected chi connectivity index (χ4v) is 2.73. The second-order valence-electron chi connectivity index (χ2n) is 4.78. The average molecular weight is 351 g/mol. The van der Waals surface area contributed by atoms with Crippen LogP contribution in [0.4, 0.5) is 4.39 Å². The van der Waals surface area contributed by atoms with Gasteiger partial charge in [-0.05, 0) is 30.5 Å².